The predicted octanol–water partition coefficient (Wildman–Crippen LogP) is 0.565. The summed E-state index contributed by atoms with van der Waals surface area (Å²) in [7, 11) is -7.81. The Bertz CT molecular complexity index is 596. The molecule has 0 spiro atoms. The SMILES string of the molecule is CCCCS(=O)(=O)[O-].C[n+]1cc[nH]c1.O=S(=O)(O)C(F)(F)F. The number of alkyl halides is 3. The molecule has 0 aromatic carbocycles. The molecule has 1 heterocycles. The fourth-order valence-corrected chi connectivity index (χ4v) is 1.33. The highest BCUT2D eigenvalue weighted by Gasteiger charge is 2.44. The van der Waals surface area contributed by atoms with Crippen molar-refractivity contribution < 1.29 is 43.7 Å². The van der Waals surface area contributed by atoms with Gasteiger partial charge in [0.05, 0.1) is 17.2 Å². The largest absolute Gasteiger partial charge is 0.748 e. The summed E-state index contributed by atoms with van der Waals surface area (Å²) < 4.78 is 89.0. The normalized spacial score (nSPS) is 11.8. The fraction of sp³-hybridized carbons (Fsp3) is 0.667. The molecule has 2 N–H and O–H groups in total. The average Bonchev–Trinajstić information content (AvgIpc) is 2.75. The molecule has 0 saturated carbocycles. The molecule has 0 aliphatic rings. The van der Waals surface area contributed by atoms with Crippen LogP contribution in [0.4, 0.5) is 13.2 Å². The smallest absolute Gasteiger partial charge is 0.522 e. The van der Waals surface area contributed by atoms with Crippen molar-refractivity contribution in [1.29, 1.82) is 0 Å². The molecular weight excluding hydrogens is 353 g/mol. The number of H-pyrrole nitrogens is 1. The van der Waals surface area contributed by atoms with Crippen LogP contribution in [0.2, 0.25) is 0 Å². The lowest BCUT2D eigenvalue weighted by Crippen LogP contribution is -2.22. The van der Waals surface area contributed by atoms with Crippen LogP contribution in [0.25, 0.3) is 0 Å². The van der Waals surface area contributed by atoms with Crippen LogP contribution in [0.5, 0.6) is 0 Å². The van der Waals surface area contributed by atoms with E-state index >= 15 is 0 Å². The van der Waals surface area contributed by atoms with Crippen LogP contribution in [-0.2, 0) is 27.3 Å². The van der Waals surface area contributed by atoms with Crippen molar-refractivity contribution in [2.45, 2.75) is 25.3 Å². The molecule has 13 heteroatoms. The molecule has 8 nitrogen and oxygen atoms in total. The Morgan fingerprint density at radius 1 is 1.27 bits per heavy atom. The van der Waals surface area contributed by atoms with Crippen LogP contribution in [0.3, 0.4) is 0 Å². The standard InChI is InChI=1S/C4H6N2.C4H10O3S.CHF3O3S/c1-6-3-2-5-4-6;1-2-3-4-8(5,6)7;2-1(3,4)8(5,6)7/h2-4H,1H3;2-4H2,1H3,(H,5,6,7);(H,5,6,7). The molecule has 0 unspecified atom stereocenters. The third-order valence-corrected chi connectivity index (χ3v) is 3.10. The van der Waals surface area contributed by atoms with Crippen LogP contribution in [0.1, 0.15) is 19.8 Å². The number of imidazole rings is 1. The first-order valence-corrected chi connectivity index (χ1v) is 8.67. The second-order valence-electron chi connectivity index (χ2n) is 3.81. The van der Waals surface area contributed by atoms with E-state index in [1.165, 1.54) is 0 Å². The number of unbranched alkanes of at least 4 members (excludes halogenated alkanes) is 1. The van der Waals surface area contributed by atoms with Crippen molar-refractivity contribution in [2.24, 2.45) is 7.05 Å². The summed E-state index contributed by atoms with van der Waals surface area (Å²) in [4.78, 5) is 2.89. The molecular formula is C9H17F3N2O6S2. The van der Waals surface area contributed by atoms with Gasteiger partial charge in [0.15, 0.2) is 0 Å². The number of hydrogen-bond donors (Lipinski definition) is 2. The first-order chi connectivity index (χ1) is 9.70. The molecule has 1 aromatic rings. The molecule has 0 fully saturated rings. The summed E-state index contributed by atoms with van der Waals surface area (Å²) in [6, 6.07) is 0. The lowest BCUT2D eigenvalue weighted by Gasteiger charge is -2.02. The molecule has 1 rings (SSSR count). The topological polar surface area (TPSA) is 131 Å². The van der Waals surface area contributed by atoms with Crippen molar-refractivity contribution in [2.75, 3.05) is 5.75 Å². The van der Waals surface area contributed by atoms with Crippen LogP contribution in [0, 0.1) is 0 Å². The molecule has 0 radical (unpaired) electrons. The second kappa shape index (κ2) is 9.76. The summed E-state index contributed by atoms with van der Waals surface area (Å²) in [5.74, 6) is -0.219. The van der Waals surface area contributed by atoms with Gasteiger partial charge in [-0.25, -0.2) is 13.0 Å². The van der Waals surface area contributed by atoms with Crippen LogP contribution < -0.4 is 4.57 Å². The van der Waals surface area contributed by atoms with Gasteiger partial charge in [0, 0.05) is 5.75 Å². The quantitative estimate of drug-likeness (QED) is 0.454. The number of nitrogens with zero attached hydrogens (tertiary/aromatic N) is 1. The Morgan fingerprint density at radius 2 is 1.73 bits per heavy atom. The molecule has 0 bridgehead atoms. The fourth-order valence-electron chi connectivity index (χ4n) is 0.685. The molecule has 1 aromatic heterocycles. The van der Waals surface area contributed by atoms with Crippen LogP contribution in [-0.4, -0.2) is 42.2 Å². The zero-order valence-corrected chi connectivity index (χ0v) is 13.4. The zero-order valence-electron chi connectivity index (χ0n) is 11.7. The highest BCUT2D eigenvalue weighted by atomic mass is 32.2. The Morgan fingerprint density at radius 3 is 1.82 bits per heavy atom. The monoisotopic (exact) mass is 370 g/mol. The third kappa shape index (κ3) is 15.2. The number of aromatic nitrogens is 2. The number of aromatic amines is 1. The maximum absolute atomic E-state index is 10.7. The highest BCUT2D eigenvalue weighted by Crippen LogP contribution is 2.20. The molecule has 0 aliphatic heterocycles. The number of aryl methyl sites for hydroxylation is 1. The van der Waals surface area contributed by atoms with Crippen molar-refractivity contribution in [3.63, 3.8) is 0 Å². The van der Waals surface area contributed by atoms with Gasteiger partial charge in [0.1, 0.15) is 12.4 Å². The Labute approximate surface area is 126 Å². The van der Waals surface area contributed by atoms with Crippen molar-refractivity contribution in [3.8, 4) is 0 Å². The van der Waals surface area contributed by atoms with E-state index < -0.39 is 25.7 Å². The van der Waals surface area contributed by atoms with Gasteiger partial charge in [-0.2, -0.15) is 21.6 Å². The van der Waals surface area contributed by atoms with E-state index in [1.807, 2.05) is 37.3 Å². The van der Waals surface area contributed by atoms with E-state index in [0.717, 1.165) is 6.42 Å². The second-order valence-corrected chi connectivity index (χ2v) is 6.75. The molecule has 0 saturated heterocycles. The minimum Gasteiger partial charge on any atom is -0.748 e. The molecule has 0 aliphatic carbocycles. The van der Waals surface area contributed by atoms with E-state index in [4.69, 9.17) is 13.0 Å². The van der Waals surface area contributed by atoms with Crippen molar-refractivity contribution in [1.82, 2.24) is 4.98 Å². The van der Waals surface area contributed by atoms with E-state index in [1.54, 1.807) is 0 Å². The van der Waals surface area contributed by atoms with Crippen LogP contribution >= 0.6 is 0 Å². The van der Waals surface area contributed by atoms with E-state index in [-0.39, 0.29) is 5.75 Å². The summed E-state index contributed by atoms with van der Waals surface area (Å²) in [5.41, 5.74) is -5.53. The van der Waals surface area contributed by atoms with Gasteiger partial charge in [-0.05, 0) is 6.42 Å². The number of rotatable bonds is 3. The van der Waals surface area contributed by atoms with E-state index in [9.17, 15) is 26.1 Å². The summed E-state index contributed by atoms with van der Waals surface area (Å²) in [6.07, 6.45) is 6.92. The van der Waals surface area contributed by atoms with Gasteiger partial charge in [-0.1, -0.05) is 13.3 Å². The van der Waals surface area contributed by atoms with Gasteiger partial charge < -0.3 is 4.55 Å². The molecule has 132 valence electrons. The zero-order chi connectivity index (χ0) is 18.0. The molecule has 0 amide bonds. The lowest BCUT2D eigenvalue weighted by atomic mass is 10.4. The number of halogens is 3. The average molecular weight is 370 g/mol. The minimum atomic E-state index is -5.84. The lowest BCUT2D eigenvalue weighted by molar-refractivity contribution is -0.670. The van der Waals surface area contributed by atoms with Gasteiger partial charge >= 0.3 is 15.6 Å². The predicted molar refractivity (Wildman–Crippen MR) is 69.0 cm³/mol. The first kappa shape index (κ1) is 23.1. The summed E-state index contributed by atoms with van der Waals surface area (Å²) >= 11 is 0. The Balaban J connectivity index is 0. The Kier molecular flexibility index (Phi) is 10.2. The van der Waals surface area contributed by atoms with Gasteiger partial charge in [-0.3, -0.25) is 9.54 Å². The molecule has 22 heavy (non-hydrogen) atoms. The van der Waals surface area contributed by atoms with Gasteiger partial charge in [0.25, 0.3) is 0 Å². The number of nitrogens with one attached hydrogen (secondary N) is 1. The summed E-state index contributed by atoms with van der Waals surface area (Å²) in [6.45, 7) is 1.84. The molecule has 0 atom stereocenters. The maximum atomic E-state index is 10.7. The third-order valence-electron chi connectivity index (χ3n) is 1.72. The van der Waals surface area contributed by atoms with Gasteiger partial charge in [-0.15, -0.1) is 0 Å². The first-order valence-electron chi connectivity index (χ1n) is 5.66. The highest BCUT2D eigenvalue weighted by molar-refractivity contribution is 7.86. The summed E-state index contributed by atoms with van der Waals surface area (Å²) in [5, 5.41) is 0. The van der Waals surface area contributed by atoms with E-state index in [2.05, 4.69) is 4.98 Å². The van der Waals surface area contributed by atoms with Crippen molar-refractivity contribution in [3.05, 3.63) is 18.7 Å². The van der Waals surface area contributed by atoms with Crippen molar-refractivity contribution >= 4 is 20.2 Å². The van der Waals surface area contributed by atoms with Gasteiger partial charge in [0.2, 0.25) is 6.33 Å². The minimum absolute atomic E-state index is 0.219. The maximum Gasteiger partial charge on any atom is 0.522 e. The van der Waals surface area contributed by atoms with E-state index in [0.29, 0.717) is 6.42 Å². The Hall–Kier alpha value is -1.18. The number of hydrogen-bond acceptors (Lipinski definition) is 5. The van der Waals surface area contributed by atoms with Crippen LogP contribution in [0.15, 0.2) is 18.7 Å².